The van der Waals surface area contributed by atoms with Crippen LogP contribution in [0.2, 0.25) is 0 Å². The third-order valence-corrected chi connectivity index (χ3v) is 5.21. The average molecular weight is 436 g/mol. The van der Waals surface area contributed by atoms with Gasteiger partial charge in [0, 0.05) is 28.8 Å². The van der Waals surface area contributed by atoms with E-state index >= 15 is 0 Å². The Morgan fingerprint density at radius 3 is 2.39 bits per heavy atom. The van der Waals surface area contributed by atoms with Gasteiger partial charge in [0.2, 0.25) is 5.91 Å². The van der Waals surface area contributed by atoms with E-state index in [4.69, 9.17) is 0 Å². The van der Waals surface area contributed by atoms with Crippen LogP contribution in [0.25, 0.3) is 10.9 Å². The van der Waals surface area contributed by atoms with Gasteiger partial charge in [-0.1, -0.05) is 6.92 Å². The van der Waals surface area contributed by atoms with E-state index in [9.17, 15) is 32.3 Å². The summed E-state index contributed by atoms with van der Waals surface area (Å²) < 4.78 is 56.7. The number of benzene rings is 2. The summed E-state index contributed by atoms with van der Waals surface area (Å²) in [5, 5.41) is 12.1. The number of carbonyl (C=O) groups excluding carboxylic acids is 2. The van der Waals surface area contributed by atoms with Crippen molar-refractivity contribution in [3.63, 3.8) is 0 Å². The van der Waals surface area contributed by atoms with Crippen molar-refractivity contribution in [3.05, 3.63) is 64.4 Å². The third-order valence-electron chi connectivity index (χ3n) is 5.21. The van der Waals surface area contributed by atoms with Gasteiger partial charge in [-0.15, -0.1) is 0 Å². The van der Waals surface area contributed by atoms with Crippen LogP contribution in [-0.2, 0) is 11.2 Å². The van der Waals surface area contributed by atoms with Crippen LogP contribution >= 0.6 is 0 Å². The highest BCUT2D eigenvalue weighted by atomic mass is 19.2. The fourth-order valence-corrected chi connectivity index (χ4v) is 3.38. The standard InChI is InChI=1S/C22H20F4N2O3/c1-4-10(2)27-18(29)8-13-11(3)28(17-9-16(25)21(30)20(26)19(13)17)22(31)12-5-6-14(23)15(24)7-12/h5-7,9-10,30H,4,8H2,1-3H3,(H,27,29)/t10-/m0/s1. The van der Waals surface area contributed by atoms with Crippen molar-refractivity contribution >= 4 is 22.7 Å². The third kappa shape index (κ3) is 3.99. The van der Waals surface area contributed by atoms with Gasteiger partial charge in [0.15, 0.2) is 29.0 Å². The van der Waals surface area contributed by atoms with E-state index < -0.39 is 40.8 Å². The van der Waals surface area contributed by atoms with Crippen LogP contribution in [0.3, 0.4) is 0 Å². The normalized spacial score (nSPS) is 12.2. The van der Waals surface area contributed by atoms with Gasteiger partial charge < -0.3 is 10.4 Å². The zero-order valence-corrected chi connectivity index (χ0v) is 17.0. The number of rotatable bonds is 5. The summed E-state index contributed by atoms with van der Waals surface area (Å²) in [6.45, 7) is 5.06. The molecule has 0 aliphatic heterocycles. The minimum Gasteiger partial charge on any atom is -0.503 e. The number of phenols is 1. The number of phenolic OH excluding ortho intramolecular Hbond substituents is 1. The molecule has 3 aromatic rings. The number of halogens is 4. The van der Waals surface area contributed by atoms with E-state index in [1.165, 1.54) is 6.92 Å². The van der Waals surface area contributed by atoms with Crippen molar-refractivity contribution in [2.24, 2.45) is 0 Å². The molecule has 3 rings (SSSR count). The second kappa shape index (κ2) is 8.41. The molecule has 0 bridgehead atoms. The Morgan fingerprint density at radius 1 is 1.10 bits per heavy atom. The Balaban J connectivity index is 2.22. The molecule has 2 aromatic carbocycles. The van der Waals surface area contributed by atoms with E-state index in [-0.39, 0.29) is 40.2 Å². The summed E-state index contributed by atoms with van der Waals surface area (Å²) in [5.74, 6) is -7.62. The van der Waals surface area contributed by atoms with E-state index in [2.05, 4.69) is 5.32 Å². The highest BCUT2D eigenvalue weighted by Gasteiger charge is 2.27. The molecular weight excluding hydrogens is 416 g/mol. The lowest BCUT2D eigenvalue weighted by molar-refractivity contribution is -0.121. The topological polar surface area (TPSA) is 71.3 Å². The number of nitrogens with zero attached hydrogens (tertiary/aromatic N) is 1. The van der Waals surface area contributed by atoms with Gasteiger partial charge in [-0.25, -0.2) is 17.6 Å². The quantitative estimate of drug-likeness (QED) is 0.584. The van der Waals surface area contributed by atoms with Crippen molar-refractivity contribution in [3.8, 4) is 5.75 Å². The van der Waals surface area contributed by atoms with Gasteiger partial charge in [-0.3, -0.25) is 14.2 Å². The van der Waals surface area contributed by atoms with Crippen molar-refractivity contribution in [1.82, 2.24) is 9.88 Å². The van der Waals surface area contributed by atoms with E-state index in [0.29, 0.717) is 12.5 Å². The lowest BCUT2D eigenvalue weighted by atomic mass is 10.1. The molecule has 0 spiro atoms. The van der Waals surface area contributed by atoms with Crippen LogP contribution in [0.15, 0.2) is 24.3 Å². The first-order chi connectivity index (χ1) is 14.6. The molecule has 0 aliphatic rings. The molecule has 0 radical (unpaired) electrons. The SMILES string of the molecule is CC[C@H](C)NC(=O)Cc1c(C)n(C(=O)c2ccc(F)c(F)c2)c2cc(F)c(O)c(F)c12. The molecule has 1 amide bonds. The van der Waals surface area contributed by atoms with Crippen LogP contribution in [-0.4, -0.2) is 27.5 Å². The fraction of sp³-hybridized carbons (Fsp3) is 0.273. The van der Waals surface area contributed by atoms with Crippen molar-refractivity contribution in [2.75, 3.05) is 0 Å². The number of aromatic hydroxyl groups is 1. The first-order valence-electron chi connectivity index (χ1n) is 9.56. The smallest absolute Gasteiger partial charge is 0.262 e. The van der Waals surface area contributed by atoms with Crippen molar-refractivity contribution in [1.29, 1.82) is 0 Å². The molecule has 0 fully saturated rings. The first-order valence-corrected chi connectivity index (χ1v) is 9.56. The van der Waals surface area contributed by atoms with E-state index in [1.54, 1.807) is 6.92 Å². The minimum atomic E-state index is -1.32. The van der Waals surface area contributed by atoms with Crippen LogP contribution in [0.1, 0.15) is 41.9 Å². The first kappa shape index (κ1) is 22.3. The molecule has 1 aromatic heterocycles. The van der Waals surface area contributed by atoms with Crippen molar-refractivity contribution < 1.29 is 32.3 Å². The fourth-order valence-electron chi connectivity index (χ4n) is 3.38. The van der Waals surface area contributed by atoms with Crippen LogP contribution in [0.4, 0.5) is 17.6 Å². The molecule has 0 aliphatic carbocycles. The molecule has 0 saturated carbocycles. The largest absolute Gasteiger partial charge is 0.503 e. The molecule has 1 heterocycles. The number of hydrogen-bond acceptors (Lipinski definition) is 3. The zero-order chi connectivity index (χ0) is 23.0. The minimum absolute atomic E-state index is 0.0690. The number of carbonyl (C=O) groups is 2. The maximum absolute atomic E-state index is 14.8. The van der Waals surface area contributed by atoms with Gasteiger partial charge in [-0.2, -0.15) is 0 Å². The number of amides is 1. The highest BCUT2D eigenvalue weighted by molar-refractivity contribution is 6.05. The Morgan fingerprint density at radius 2 is 1.77 bits per heavy atom. The Kier molecular flexibility index (Phi) is 6.06. The Labute approximate surface area is 175 Å². The number of aromatic nitrogens is 1. The molecule has 0 saturated heterocycles. The second-order valence-electron chi connectivity index (χ2n) is 7.30. The summed E-state index contributed by atoms with van der Waals surface area (Å²) in [5.41, 5.74) is -0.331. The number of nitrogens with one attached hydrogen (secondary N) is 1. The van der Waals surface area contributed by atoms with Crippen LogP contribution in [0, 0.1) is 30.2 Å². The predicted molar refractivity (Wildman–Crippen MR) is 106 cm³/mol. The monoisotopic (exact) mass is 436 g/mol. The van der Waals surface area contributed by atoms with Crippen molar-refractivity contribution in [2.45, 2.75) is 39.7 Å². The number of fused-ring (bicyclic) bond motifs is 1. The molecule has 5 nitrogen and oxygen atoms in total. The summed E-state index contributed by atoms with van der Waals surface area (Å²) in [6.07, 6.45) is 0.314. The molecule has 1 atom stereocenters. The van der Waals surface area contributed by atoms with Crippen LogP contribution in [0.5, 0.6) is 5.75 Å². The molecular formula is C22H20F4N2O3. The lowest BCUT2D eigenvalue weighted by Crippen LogP contribution is -2.33. The summed E-state index contributed by atoms with van der Waals surface area (Å²) >= 11 is 0. The highest BCUT2D eigenvalue weighted by Crippen LogP contribution is 2.35. The lowest BCUT2D eigenvalue weighted by Gasteiger charge is -2.12. The van der Waals surface area contributed by atoms with Crippen LogP contribution < -0.4 is 5.32 Å². The summed E-state index contributed by atoms with van der Waals surface area (Å²) in [6, 6.07) is 3.08. The van der Waals surface area contributed by atoms with Gasteiger partial charge in [0.25, 0.3) is 5.91 Å². The van der Waals surface area contributed by atoms with E-state index in [0.717, 1.165) is 22.8 Å². The van der Waals surface area contributed by atoms with Gasteiger partial charge >= 0.3 is 0 Å². The molecule has 164 valence electrons. The summed E-state index contributed by atoms with van der Waals surface area (Å²) in [7, 11) is 0. The van der Waals surface area contributed by atoms with Gasteiger partial charge in [0.1, 0.15) is 0 Å². The number of hydrogen-bond donors (Lipinski definition) is 2. The second-order valence-corrected chi connectivity index (χ2v) is 7.30. The molecule has 2 N–H and O–H groups in total. The zero-order valence-electron chi connectivity index (χ0n) is 17.0. The van der Waals surface area contributed by atoms with Gasteiger partial charge in [0.05, 0.1) is 11.9 Å². The van der Waals surface area contributed by atoms with E-state index in [1.807, 2.05) is 6.92 Å². The summed E-state index contributed by atoms with van der Waals surface area (Å²) in [4.78, 5) is 25.5. The Bertz CT molecular complexity index is 1200. The molecule has 0 unspecified atom stereocenters. The maximum Gasteiger partial charge on any atom is 0.262 e. The molecule has 9 heteroatoms. The molecule has 31 heavy (non-hydrogen) atoms. The average Bonchev–Trinajstić information content (AvgIpc) is 2.98. The Hall–Kier alpha value is -3.36. The maximum atomic E-state index is 14.8. The van der Waals surface area contributed by atoms with Gasteiger partial charge in [-0.05, 0) is 44.0 Å². The predicted octanol–water partition coefficient (Wildman–Crippen LogP) is 4.36.